The molecule has 1 aliphatic rings. The highest BCUT2D eigenvalue weighted by molar-refractivity contribution is 5.47. The van der Waals surface area contributed by atoms with E-state index >= 15 is 0 Å². The molecule has 6 nitrogen and oxygen atoms in total. The summed E-state index contributed by atoms with van der Waals surface area (Å²) < 4.78 is 18.0. The lowest BCUT2D eigenvalue weighted by Gasteiger charge is -2.42. The maximum absolute atomic E-state index is 10.7. The van der Waals surface area contributed by atoms with Crippen LogP contribution in [0.25, 0.3) is 0 Å². The molecule has 1 fully saturated rings. The van der Waals surface area contributed by atoms with Crippen molar-refractivity contribution in [3.63, 3.8) is 0 Å². The van der Waals surface area contributed by atoms with Gasteiger partial charge in [-0.3, -0.25) is 0 Å². The normalized spacial score (nSPS) is 25.1. The molecule has 0 saturated carbocycles. The highest BCUT2D eigenvalue weighted by Gasteiger charge is 2.46. The fourth-order valence-corrected chi connectivity index (χ4v) is 4.33. The van der Waals surface area contributed by atoms with E-state index in [4.69, 9.17) is 14.2 Å². The van der Waals surface area contributed by atoms with Crippen molar-refractivity contribution in [1.82, 2.24) is 0 Å². The van der Waals surface area contributed by atoms with Gasteiger partial charge in [-0.1, -0.05) is 97.1 Å². The van der Waals surface area contributed by atoms with Crippen LogP contribution in [0.1, 0.15) is 16.7 Å². The molecule has 0 amide bonds. The minimum Gasteiger partial charge on any atom is -0.387 e. The van der Waals surface area contributed by atoms with Crippen LogP contribution < -0.4 is 0 Å². The summed E-state index contributed by atoms with van der Waals surface area (Å²) in [6.07, 6.45) is -4.75. The van der Waals surface area contributed by atoms with E-state index in [0.29, 0.717) is 0 Å². The molecule has 3 aromatic carbocycles. The van der Waals surface area contributed by atoms with Crippen LogP contribution in [0.5, 0.6) is 0 Å². The van der Waals surface area contributed by atoms with Crippen LogP contribution >= 0.6 is 0 Å². The van der Waals surface area contributed by atoms with Gasteiger partial charge in [-0.25, -0.2) is 0 Å². The molecule has 0 aromatic heterocycles. The van der Waals surface area contributed by atoms with Crippen molar-refractivity contribution < 1.29 is 29.5 Å². The van der Waals surface area contributed by atoms with Crippen LogP contribution in [0.15, 0.2) is 104 Å². The van der Waals surface area contributed by atoms with Gasteiger partial charge in [-0.15, -0.1) is 6.58 Å². The second kappa shape index (κ2) is 11.1. The average molecular weight is 463 g/mol. The van der Waals surface area contributed by atoms with Crippen LogP contribution in [0, 0.1) is 0 Å². The number of aliphatic hydroxyl groups is 3. The second-order valence-electron chi connectivity index (χ2n) is 8.23. The number of ether oxygens (including phenoxy) is 3. The summed E-state index contributed by atoms with van der Waals surface area (Å²) in [7, 11) is 0. The molecule has 34 heavy (non-hydrogen) atoms. The Kier molecular flexibility index (Phi) is 7.90. The molecule has 0 spiro atoms. The molecule has 1 heterocycles. The number of benzene rings is 3. The first-order chi connectivity index (χ1) is 16.6. The second-order valence-corrected chi connectivity index (χ2v) is 8.23. The Morgan fingerprint density at radius 3 is 1.65 bits per heavy atom. The molecule has 0 radical (unpaired) electrons. The highest BCUT2D eigenvalue weighted by atomic mass is 16.7. The third kappa shape index (κ3) is 4.83. The van der Waals surface area contributed by atoms with Gasteiger partial charge >= 0.3 is 0 Å². The Morgan fingerprint density at radius 2 is 1.21 bits per heavy atom. The molecule has 0 unspecified atom stereocenters. The van der Waals surface area contributed by atoms with E-state index in [9.17, 15) is 15.3 Å². The van der Waals surface area contributed by atoms with Gasteiger partial charge in [0, 0.05) is 0 Å². The van der Waals surface area contributed by atoms with Gasteiger partial charge in [0.15, 0.2) is 6.29 Å². The molecule has 3 aromatic rings. The molecule has 1 saturated heterocycles. The van der Waals surface area contributed by atoms with Gasteiger partial charge in [-0.05, 0) is 16.7 Å². The summed E-state index contributed by atoms with van der Waals surface area (Å²) in [5.74, 6) is 0. The first-order valence-electron chi connectivity index (χ1n) is 11.3. The van der Waals surface area contributed by atoms with Gasteiger partial charge in [-0.2, -0.15) is 0 Å². The predicted octanol–water partition coefficient (Wildman–Crippen LogP) is 3.01. The van der Waals surface area contributed by atoms with E-state index in [-0.39, 0.29) is 13.2 Å². The highest BCUT2D eigenvalue weighted by Crippen LogP contribution is 2.41. The van der Waals surface area contributed by atoms with Crippen molar-refractivity contribution in [2.24, 2.45) is 0 Å². The number of rotatable bonds is 9. The van der Waals surface area contributed by atoms with E-state index in [1.54, 1.807) is 0 Å². The first kappa shape index (κ1) is 24.3. The zero-order valence-electron chi connectivity index (χ0n) is 18.8. The quantitative estimate of drug-likeness (QED) is 0.335. The van der Waals surface area contributed by atoms with Crippen molar-refractivity contribution in [3.05, 3.63) is 120 Å². The van der Waals surface area contributed by atoms with E-state index in [1.807, 2.05) is 91.0 Å². The standard InChI is InChI=1S/C28H30O6/c1-2-18-32-27-26(31)25(30)24(29)23(34-27)19-33-28(20-12-6-3-7-13-20,21-14-8-4-9-15-21)22-16-10-5-11-17-22/h2-17,23-27,29-31H,1,18-19H2/t23-,24-,25+,26-,27-/m1/s1. The maximum Gasteiger partial charge on any atom is 0.187 e. The van der Waals surface area contributed by atoms with Crippen LogP contribution in [0.3, 0.4) is 0 Å². The maximum atomic E-state index is 10.7. The summed E-state index contributed by atoms with van der Waals surface area (Å²) in [6.45, 7) is 3.65. The van der Waals surface area contributed by atoms with Crippen molar-refractivity contribution in [2.45, 2.75) is 36.3 Å². The fourth-order valence-electron chi connectivity index (χ4n) is 4.33. The topological polar surface area (TPSA) is 88.4 Å². The molecule has 0 aliphatic carbocycles. The third-order valence-electron chi connectivity index (χ3n) is 6.05. The lowest BCUT2D eigenvalue weighted by molar-refractivity contribution is -0.303. The SMILES string of the molecule is C=CCO[C@@H]1O[C@H](COC(c2ccccc2)(c2ccccc2)c2ccccc2)[C@@H](O)[C@H](O)[C@H]1O. The summed E-state index contributed by atoms with van der Waals surface area (Å²) in [5, 5.41) is 31.4. The zero-order valence-corrected chi connectivity index (χ0v) is 18.8. The van der Waals surface area contributed by atoms with E-state index in [1.165, 1.54) is 6.08 Å². The van der Waals surface area contributed by atoms with Crippen LogP contribution in [-0.4, -0.2) is 59.2 Å². The van der Waals surface area contributed by atoms with Crippen LogP contribution in [0.4, 0.5) is 0 Å². The minimum atomic E-state index is -1.45. The minimum absolute atomic E-state index is 0.0718. The van der Waals surface area contributed by atoms with Gasteiger partial charge < -0.3 is 29.5 Å². The molecule has 1 aliphatic heterocycles. The lowest BCUT2D eigenvalue weighted by Crippen LogP contribution is -2.59. The molecule has 5 atom stereocenters. The first-order valence-corrected chi connectivity index (χ1v) is 11.3. The largest absolute Gasteiger partial charge is 0.387 e. The Bertz CT molecular complexity index is 930. The van der Waals surface area contributed by atoms with Crippen LogP contribution in [-0.2, 0) is 19.8 Å². The summed E-state index contributed by atoms with van der Waals surface area (Å²) in [4.78, 5) is 0. The van der Waals surface area contributed by atoms with Crippen molar-refractivity contribution in [3.8, 4) is 0 Å². The molecule has 3 N–H and O–H groups in total. The van der Waals surface area contributed by atoms with Gasteiger partial charge in [0.1, 0.15) is 30.0 Å². The Hall–Kier alpha value is -2.84. The van der Waals surface area contributed by atoms with Crippen molar-refractivity contribution in [2.75, 3.05) is 13.2 Å². The van der Waals surface area contributed by atoms with Gasteiger partial charge in [0.25, 0.3) is 0 Å². The van der Waals surface area contributed by atoms with E-state index < -0.39 is 36.3 Å². The lowest BCUT2D eigenvalue weighted by atomic mass is 9.80. The number of hydrogen-bond acceptors (Lipinski definition) is 6. The van der Waals surface area contributed by atoms with E-state index in [2.05, 4.69) is 6.58 Å². The molecule has 178 valence electrons. The monoisotopic (exact) mass is 462 g/mol. The molecular formula is C28H30O6. The summed E-state index contributed by atoms with van der Waals surface area (Å²) in [5.41, 5.74) is 1.69. The number of hydrogen-bond donors (Lipinski definition) is 3. The molecular weight excluding hydrogens is 432 g/mol. The Morgan fingerprint density at radius 1 is 0.735 bits per heavy atom. The smallest absolute Gasteiger partial charge is 0.187 e. The van der Waals surface area contributed by atoms with Gasteiger partial charge in [0.05, 0.1) is 13.2 Å². The average Bonchev–Trinajstić information content (AvgIpc) is 2.90. The summed E-state index contributed by atoms with van der Waals surface area (Å²) >= 11 is 0. The van der Waals surface area contributed by atoms with Gasteiger partial charge in [0.2, 0.25) is 0 Å². The van der Waals surface area contributed by atoms with Crippen LogP contribution in [0.2, 0.25) is 0 Å². The van der Waals surface area contributed by atoms with Crippen molar-refractivity contribution in [1.29, 1.82) is 0 Å². The third-order valence-corrected chi connectivity index (χ3v) is 6.05. The summed E-state index contributed by atoms with van der Waals surface area (Å²) in [6, 6.07) is 29.5. The predicted molar refractivity (Wildman–Crippen MR) is 128 cm³/mol. The van der Waals surface area contributed by atoms with Crippen molar-refractivity contribution >= 4 is 0 Å². The zero-order chi connectivity index (χ0) is 24.0. The fraction of sp³-hybridized carbons (Fsp3) is 0.286. The molecule has 6 heteroatoms. The molecule has 0 bridgehead atoms. The Balaban J connectivity index is 1.73. The molecule has 4 rings (SSSR count). The van der Waals surface area contributed by atoms with E-state index in [0.717, 1.165) is 16.7 Å². The number of aliphatic hydroxyl groups excluding tert-OH is 3. The Labute approximate surface area is 199 Å².